The lowest BCUT2D eigenvalue weighted by atomic mass is 9.96. The van der Waals surface area contributed by atoms with Crippen LogP contribution in [0.1, 0.15) is 24.2 Å². The van der Waals surface area contributed by atoms with Gasteiger partial charge in [-0.2, -0.15) is 0 Å². The number of furan rings is 1. The van der Waals surface area contributed by atoms with Crippen LogP contribution in [-0.4, -0.2) is 29.1 Å². The maximum absolute atomic E-state index is 5.85. The van der Waals surface area contributed by atoms with E-state index in [1.807, 2.05) is 12.3 Å². The summed E-state index contributed by atoms with van der Waals surface area (Å²) in [5.41, 5.74) is 9.22. The quantitative estimate of drug-likeness (QED) is 0.900. The first-order valence-electron chi connectivity index (χ1n) is 7.26. The molecule has 0 aromatic carbocycles. The van der Waals surface area contributed by atoms with Crippen LogP contribution in [0.25, 0.3) is 11.3 Å². The summed E-state index contributed by atoms with van der Waals surface area (Å²) in [7, 11) is 0. The highest BCUT2D eigenvalue weighted by atomic mass is 16.3. The van der Waals surface area contributed by atoms with Crippen LogP contribution >= 0.6 is 0 Å². The Bertz CT molecular complexity index is 637. The van der Waals surface area contributed by atoms with Gasteiger partial charge in [0.25, 0.3) is 0 Å². The molecule has 0 radical (unpaired) electrons. The van der Waals surface area contributed by atoms with Crippen molar-refractivity contribution in [3.8, 4) is 11.3 Å². The lowest BCUT2D eigenvalue weighted by Crippen LogP contribution is -2.36. The smallest absolute Gasteiger partial charge is 0.226 e. The van der Waals surface area contributed by atoms with Crippen molar-refractivity contribution < 1.29 is 4.42 Å². The fourth-order valence-corrected chi connectivity index (χ4v) is 3.29. The van der Waals surface area contributed by atoms with Gasteiger partial charge in [-0.3, -0.25) is 0 Å². The first-order valence-corrected chi connectivity index (χ1v) is 7.26. The monoisotopic (exact) mass is 270 g/mol. The van der Waals surface area contributed by atoms with Crippen molar-refractivity contribution in [2.24, 2.45) is 5.73 Å². The number of anilines is 1. The molecule has 1 fully saturated rings. The lowest BCUT2D eigenvalue weighted by molar-refractivity contribution is 0.506. The Hall–Kier alpha value is -1.88. The van der Waals surface area contributed by atoms with E-state index in [9.17, 15) is 0 Å². The van der Waals surface area contributed by atoms with E-state index in [0.29, 0.717) is 12.6 Å². The molecule has 0 amide bonds. The first kappa shape index (κ1) is 11.9. The highest BCUT2D eigenvalue weighted by Gasteiger charge is 2.27. The average Bonchev–Trinajstić information content (AvgIpc) is 3.15. The standard InChI is InChI=1S/C15H18N4O/c16-8-11-2-1-6-19(11)15-17-9-10-3-4-13-12(5-7-20-13)14(10)18-15/h5,7,9,11H,1-4,6,8,16H2. The van der Waals surface area contributed by atoms with Crippen LogP contribution in [0.4, 0.5) is 5.95 Å². The van der Waals surface area contributed by atoms with Crippen LogP contribution in [0.15, 0.2) is 22.9 Å². The fourth-order valence-electron chi connectivity index (χ4n) is 3.29. The van der Waals surface area contributed by atoms with Crippen LogP contribution in [-0.2, 0) is 12.8 Å². The lowest BCUT2D eigenvalue weighted by Gasteiger charge is -2.25. The summed E-state index contributed by atoms with van der Waals surface area (Å²) in [6.45, 7) is 1.66. The highest BCUT2D eigenvalue weighted by molar-refractivity contribution is 5.68. The van der Waals surface area contributed by atoms with Gasteiger partial charge >= 0.3 is 0 Å². The third-order valence-electron chi connectivity index (χ3n) is 4.38. The van der Waals surface area contributed by atoms with Gasteiger partial charge in [0.2, 0.25) is 5.95 Å². The van der Waals surface area contributed by atoms with Crippen molar-refractivity contribution >= 4 is 5.95 Å². The van der Waals surface area contributed by atoms with Crippen molar-refractivity contribution in [1.29, 1.82) is 0 Å². The number of nitrogens with two attached hydrogens (primary N) is 1. The summed E-state index contributed by atoms with van der Waals surface area (Å²) in [6, 6.07) is 2.38. The zero-order valence-electron chi connectivity index (χ0n) is 11.4. The molecule has 1 saturated heterocycles. The highest BCUT2D eigenvalue weighted by Crippen LogP contribution is 2.34. The molecule has 5 heteroatoms. The van der Waals surface area contributed by atoms with Gasteiger partial charge < -0.3 is 15.1 Å². The number of nitrogens with zero attached hydrogens (tertiary/aromatic N) is 3. The number of aryl methyl sites for hydroxylation is 2. The maximum atomic E-state index is 5.85. The van der Waals surface area contributed by atoms with Crippen molar-refractivity contribution in [2.75, 3.05) is 18.0 Å². The number of rotatable bonds is 2. The molecule has 5 nitrogen and oxygen atoms in total. The normalized spacial score (nSPS) is 20.9. The minimum atomic E-state index is 0.375. The third kappa shape index (κ3) is 1.73. The van der Waals surface area contributed by atoms with Gasteiger partial charge in [-0.1, -0.05) is 0 Å². The summed E-state index contributed by atoms with van der Waals surface area (Å²) >= 11 is 0. The molecule has 3 heterocycles. The average molecular weight is 270 g/mol. The van der Waals surface area contributed by atoms with E-state index in [1.54, 1.807) is 6.26 Å². The molecule has 0 spiro atoms. The number of fused-ring (bicyclic) bond motifs is 3. The minimum absolute atomic E-state index is 0.375. The van der Waals surface area contributed by atoms with Crippen LogP contribution in [0.5, 0.6) is 0 Å². The van der Waals surface area contributed by atoms with Gasteiger partial charge in [0.05, 0.1) is 12.0 Å². The molecule has 1 aliphatic heterocycles. The Morgan fingerprint density at radius 3 is 3.25 bits per heavy atom. The van der Waals surface area contributed by atoms with Crippen molar-refractivity contribution in [2.45, 2.75) is 31.7 Å². The second-order valence-corrected chi connectivity index (χ2v) is 5.53. The molecule has 0 saturated carbocycles. The maximum Gasteiger partial charge on any atom is 0.226 e. The largest absolute Gasteiger partial charge is 0.469 e. The van der Waals surface area contributed by atoms with Gasteiger partial charge in [0.1, 0.15) is 5.76 Å². The van der Waals surface area contributed by atoms with Crippen molar-refractivity contribution in [3.63, 3.8) is 0 Å². The van der Waals surface area contributed by atoms with Crippen LogP contribution in [0.3, 0.4) is 0 Å². The van der Waals surface area contributed by atoms with E-state index >= 15 is 0 Å². The Morgan fingerprint density at radius 2 is 2.35 bits per heavy atom. The van der Waals surface area contributed by atoms with E-state index in [-0.39, 0.29) is 0 Å². The zero-order valence-corrected chi connectivity index (χ0v) is 11.4. The molecule has 104 valence electrons. The zero-order chi connectivity index (χ0) is 13.5. The van der Waals surface area contributed by atoms with Gasteiger partial charge in [-0.15, -0.1) is 0 Å². The van der Waals surface area contributed by atoms with Gasteiger partial charge in [0.15, 0.2) is 0 Å². The second-order valence-electron chi connectivity index (χ2n) is 5.53. The molecule has 1 aliphatic carbocycles. The molecule has 2 N–H and O–H groups in total. The van der Waals surface area contributed by atoms with Gasteiger partial charge in [0, 0.05) is 37.3 Å². The Balaban J connectivity index is 1.76. The minimum Gasteiger partial charge on any atom is -0.469 e. The molecule has 1 unspecified atom stereocenters. The van der Waals surface area contributed by atoms with E-state index in [1.165, 1.54) is 12.0 Å². The molecule has 20 heavy (non-hydrogen) atoms. The number of hydrogen-bond donors (Lipinski definition) is 1. The first-order chi connectivity index (χ1) is 9.86. The van der Waals surface area contributed by atoms with E-state index < -0.39 is 0 Å². The number of aromatic nitrogens is 2. The Kier molecular flexibility index (Phi) is 2.73. The molecule has 2 aromatic heterocycles. The van der Waals surface area contributed by atoms with E-state index in [2.05, 4.69) is 9.88 Å². The van der Waals surface area contributed by atoms with Gasteiger partial charge in [-0.05, 0) is 30.9 Å². The Labute approximate surface area is 117 Å². The van der Waals surface area contributed by atoms with Crippen LogP contribution in [0.2, 0.25) is 0 Å². The summed E-state index contributed by atoms with van der Waals surface area (Å²) in [5, 5.41) is 0. The topological polar surface area (TPSA) is 68.2 Å². The predicted molar refractivity (Wildman–Crippen MR) is 76.6 cm³/mol. The van der Waals surface area contributed by atoms with E-state index in [4.69, 9.17) is 15.1 Å². The van der Waals surface area contributed by atoms with Crippen LogP contribution < -0.4 is 10.6 Å². The second kappa shape index (κ2) is 4.59. The molecular weight excluding hydrogens is 252 g/mol. The third-order valence-corrected chi connectivity index (χ3v) is 4.38. The molecule has 2 aromatic rings. The summed E-state index contributed by atoms with van der Waals surface area (Å²) < 4.78 is 5.53. The predicted octanol–water partition coefficient (Wildman–Crippen LogP) is 1.76. The summed E-state index contributed by atoms with van der Waals surface area (Å²) in [6.07, 6.45) is 7.91. The SMILES string of the molecule is NCC1CCCN1c1ncc2c(n1)-c1ccoc1CC2. The molecule has 2 aliphatic rings. The molecular formula is C15H18N4O. The number of hydrogen-bond acceptors (Lipinski definition) is 5. The summed E-state index contributed by atoms with van der Waals surface area (Å²) in [4.78, 5) is 11.6. The molecule has 4 rings (SSSR count). The molecule has 0 bridgehead atoms. The van der Waals surface area contributed by atoms with E-state index in [0.717, 1.165) is 48.8 Å². The fraction of sp³-hybridized carbons (Fsp3) is 0.467. The van der Waals surface area contributed by atoms with Crippen LogP contribution in [0, 0.1) is 0 Å². The Morgan fingerprint density at radius 1 is 1.40 bits per heavy atom. The summed E-state index contributed by atoms with van der Waals surface area (Å²) in [5.74, 6) is 1.85. The van der Waals surface area contributed by atoms with Crippen molar-refractivity contribution in [3.05, 3.63) is 29.9 Å². The molecule has 1 atom stereocenters. The van der Waals surface area contributed by atoms with Gasteiger partial charge in [-0.25, -0.2) is 9.97 Å². The van der Waals surface area contributed by atoms with Crippen molar-refractivity contribution in [1.82, 2.24) is 9.97 Å².